The van der Waals surface area contributed by atoms with Gasteiger partial charge in [0.15, 0.2) is 0 Å². The van der Waals surface area contributed by atoms with Gasteiger partial charge in [-0.05, 0) is 19.1 Å². The summed E-state index contributed by atoms with van der Waals surface area (Å²) < 4.78 is 17.9. The summed E-state index contributed by atoms with van der Waals surface area (Å²) in [6.45, 7) is 1.54. The van der Waals surface area contributed by atoms with Gasteiger partial charge in [0, 0.05) is 6.07 Å². The van der Waals surface area contributed by atoms with Crippen molar-refractivity contribution in [2.45, 2.75) is 13.0 Å². The van der Waals surface area contributed by atoms with Crippen molar-refractivity contribution in [3.8, 4) is 5.75 Å². The Balaban J connectivity index is 2.92. The number of carbonyl (C=O) groups excluding carboxylic acids is 1. The summed E-state index contributed by atoms with van der Waals surface area (Å²) in [5, 5.41) is 2.47. The number of anilines is 1. The Morgan fingerprint density at radius 1 is 1.60 bits per heavy atom. The van der Waals surface area contributed by atoms with Gasteiger partial charge in [0.2, 0.25) is 5.91 Å². The molecule has 0 aromatic heterocycles. The lowest BCUT2D eigenvalue weighted by molar-refractivity contribution is -0.117. The third-order valence-corrected chi connectivity index (χ3v) is 1.83. The normalized spacial score (nSPS) is 12.0. The average molecular weight is 212 g/mol. The molecule has 82 valence electrons. The second kappa shape index (κ2) is 4.75. The first-order valence-corrected chi connectivity index (χ1v) is 4.44. The van der Waals surface area contributed by atoms with Crippen molar-refractivity contribution in [2.75, 3.05) is 12.4 Å². The van der Waals surface area contributed by atoms with Crippen LogP contribution in [0.3, 0.4) is 0 Å². The molecule has 0 fully saturated rings. The third-order valence-electron chi connectivity index (χ3n) is 1.83. The van der Waals surface area contributed by atoms with Crippen LogP contribution in [0.2, 0.25) is 0 Å². The molecule has 0 aliphatic heterocycles. The van der Waals surface area contributed by atoms with Crippen LogP contribution < -0.4 is 15.8 Å². The van der Waals surface area contributed by atoms with Crippen LogP contribution >= 0.6 is 0 Å². The largest absolute Gasteiger partial charge is 0.495 e. The van der Waals surface area contributed by atoms with Crippen molar-refractivity contribution in [2.24, 2.45) is 5.73 Å². The minimum Gasteiger partial charge on any atom is -0.495 e. The molecule has 1 aromatic carbocycles. The van der Waals surface area contributed by atoms with Crippen LogP contribution in [0.4, 0.5) is 10.1 Å². The van der Waals surface area contributed by atoms with E-state index < -0.39 is 11.9 Å². The van der Waals surface area contributed by atoms with E-state index in [-0.39, 0.29) is 11.6 Å². The lowest BCUT2D eigenvalue weighted by atomic mass is 10.2. The zero-order valence-electron chi connectivity index (χ0n) is 8.58. The Hall–Kier alpha value is -1.62. The molecule has 1 atom stereocenters. The fourth-order valence-corrected chi connectivity index (χ4v) is 1.02. The van der Waals surface area contributed by atoms with Crippen molar-refractivity contribution in [1.82, 2.24) is 0 Å². The van der Waals surface area contributed by atoms with Gasteiger partial charge in [0.05, 0.1) is 18.8 Å². The number of rotatable bonds is 3. The quantitative estimate of drug-likeness (QED) is 0.789. The highest BCUT2D eigenvalue weighted by atomic mass is 19.1. The summed E-state index contributed by atoms with van der Waals surface area (Å²) in [5.41, 5.74) is 5.64. The molecule has 1 amide bonds. The van der Waals surface area contributed by atoms with Crippen LogP contribution in [0.1, 0.15) is 6.92 Å². The van der Waals surface area contributed by atoms with E-state index in [0.29, 0.717) is 5.75 Å². The minimum absolute atomic E-state index is 0.278. The maximum Gasteiger partial charge on any atom is 0.241 e. The number of nitrogens with two attached hydrogens (primary N) is 1. The van der Waals surface area contributed by atoms with Gasteiger partial charge >= 0.3 is 0 Å². The van der Waals surface area contributed by atoms with Crippen LogP contribution in [0.5, 0.6) is 5.75 Å². The van der Waals surface area contributed by atoms with E-state index >= 15 is 0 Å². The van der Waals surface area contributed by atoms with Gasteiger partial charge < -0.3 is 15.8 Å². The van der Waals surface area contributed by atoms with Gasteiger partial charge in [-0.15, -0.1) is 0 Å². The van der Waals surface area contributed by atoms with Crippen molar-refractivity contribution in [1.29, 1.82) is 0 Å². The molecule has 1 aromatic rings. The van der Waals surface area contributed by atoms with Gasteiger partial charge in [-0.1, -0.05) is 0 Å². The molecule has 5 heteroatoms. The minimum atomic E-state index is -0.655. The molecular weight excluding hydrogens is 199 g/mol. The van der Waals surface area contributed by atoms with E-state index in [1.165, 1.54) is 25.3 Å². The van der Waals surface area contributed by atoms with Gasteiger partial charge in [-0.25, -0.2) is 4.39 Å². The molecule has 15 heavy (non-hydrogen) atoms. The predicted molar refractivity (Wildman–Crippen MR) is 55.2 cm³/mol. The monoisotopic (exact) mass is 212 g/mol. The van der Waals surface area contributed by atoms with E-state index in [1.807, 2.05) is 0 Å². The highest BCUT2D eigenvalue weighted by Crippen LogP contribution is 2.24. The van der Waals surface area contributed by atoms with E-state index in [1.54, 1.807) is 6.92 Å². The molecule has 1 unspecified atom stereocenters. The van der Waals surface area contributed by atoms with Crippen molar-refractivity contribution < 1.29 is 13.9 Å². The van der Waals surface area contributed by atoms with Crippen molar-refractivity contribution >= 4 is 11.6 Å². The fraction of sp³-hybridized carbons (Fsp3) is 0.300. The van der Waals surface area contributed by atoms with E-state index in [4.69, 9.17) is 10.5 Å². The number of amides is 1. The molecule has 1 rings (SSSR count). The Morgan fingerprint density at radius 2 is 2.27 bits per heavy atom. The van der Waals surface area contributed by atoms with E-state index in [2.05, 4.69) is 5.32 Å². The fourth-order valence-electron chi connectivity index (χ4n) is 1.02. The summed E-state index contributed by atoms with van der Waals surface area (Å²) in [6.07, 6.45) is 0. The highest BCUT2D eigenvalue weighted by Gasteiger charge is 2.11. The Kier molecular flexibility index (Phi) is 3.62. The zero-order valence-corrected chi connectivity index (χ0v) is 8.58. The lowest BCUT2D eigenvalue weighted by Gasteiger charge is -2.11. The molecule has 0 saturated carbocycles. The highest BCUT2D eigenvalue weighted by molar-refractivity contribution is 5.95. The summed E-state index contributed by atoms with van der Waals surface area (Å²) >= 11 is 0. The topological polar surface area (TPSA) is 64.3 Å². The number of ether oxygens (including phenoxy) is 1. The molecule has 0 aliphatic rings. The SMILES string of the molecule is COc1ccc(F)cc1NC(=O)C(C)N. The van der Waals surface area contributed by atoms with Crippen molar-refractivity contribution in [3.63, 3.8) is 0 Å². The van der Waals surface area contributed by atoms with Crippen LogP contribution in [0.25, 0.3) is 0 Å². The second-order valence-corrected chi connectivity index (χ2v) is 3.12. The standard InChI is InChI=1S/C10H13FN2O2/c1-6(12)10(14)13-8-5-7(11)3-4-9(8)15-2/h3-6H,12H2,1-2H3,(H,13,14). The Morgan fingerprint density at radius 3 is 2.80 bits per heavy atom. The molecule has 0 radical (unpaired) electrons. The first-order valence-electron chi connectivity index (χ1n) is 4.44. The van der Waals surface area contributed by atoms with Gasteiger partial charge in [-0.3, -0.25) is 4.79 Å². The molecule has 0 aliphatic carbocycles. The van der Waals surface area contributed by atoms with Gasteiger partial charge in [0.25, 0.3) is 0 Å². The van der Waals surface area contributed by atoms with E-state index in [0.717, 1.165) is 0 Å². The Bertz CT molecular complexity index is 366. The lowest BCUT2D eigenvalue weighted by Crippen LogP contribution is -2.32. The summed E-state index contributed by atoms with van der Waals surface area (Å²) in [7, 11) is 1.44. The molecule has 0 bridgehead atoms. The average Bonchev–Trinajstić information content (AvgIpc) is 2.18. The number of halogens is 1. The maximum absolute atomic E-state index is 12.9. The summed E-state index contributed by atoms with van der Waals surface area (Å²) in [4.78, 5) is 11.3. The van der Waals surface area contributed by atoms with Crippen LogP contribution in [-0.4, -0.2) is 19.1 Å². The smallest absolute Gasteiger partial charge is 0.241 e. The number of methoxy groups -OCH3 is 1. The summed E-state index contributed by atoms with van der Waals surface area (Å²) in [6, 6.07) is 3.21. The number of hydrogen-bond donors (Lipinski definition) is 2. The first kappa shape index (κ1) is 11.5. The van der Waals surface area contributed by atoms with Gasteiger partial charge in [0.1, 0.15) is 11.6 Å². The second-order valence-electron chi connectivity index (χ2n) is 3.12. The maximum atomic E-state index is 12.9. The number of nitrogens with one attached hydrogen (secondary N) is 1. The zero-order chi connectivity index (χ0) is 11.4. The molecule has 0 saturated heterocycles. The van der Waals surface area contributed by atoms with Crippen LogP contribution in [0, 0.1) is 5.82 Å². The number of hydrogen-bond acceptors (Lipinski definition) is 3. The molecule has 3 N–H and O–H groups in total. The molecule has 0 heterocycles. The van der Waals surface area contributed by atoms with Crippen LogP contribution in [0.15, 0.2) is 18.2 Å². The third kappa shape index (κ3) is 2.92. The van der Waals surface area contributed by atoms with Crippen LogP contribution in [-0.2, 0) is 4.79 Å². The predicted octanol–water partition coefficient (Wildman–Crippen LogP) is 1.12. The van der Waals surface area contributed by atoms with Gasteiger partial charge in [-0.2, -0.15) is 0 Å². The molecule has 4 nitrogen and oxygen atoms in total. The number of benzene rings is 1. The van der Waals surface area contributed by atoms with E-state index in [9.17, 15) is 9.18 Å². The summed E-state index contributed by atoms with van der Waals surface area (Å²) in [5.74, 6) is -0.444. The molecular formula is C10H13FN2O2. The molecule has 0 spiro atoms. The Labute approximate surface area is 87.2 Å². The number of carbonyl (C=O) groups is 1. The first-order chi connectivity index (χ1) is 7.04. The van der Waals surface area contributed by atoms with Crippen molar-refractivity contribution in [3.05, 3.63) is 24.0 Å².